The van der Waals surface area contributed by atoms with Crippen molar-refractivity contribution in [2.75, 3.05) is 12.4 Å². The molecule has 1 unspecified atom stereocenters. The average molecular weight is 502 g/mol. The molecule has 1 aliphatic carbocycles. The molecule has 0 spiro atoms. The highest BCUT2D eigenvalue weighted by molar-refractivity contribution is 8.05. The third-order valence-corrected chi connectivity index (χ3v) is 8.63. The number of methoxy groups -OCH3 is 1. The van der Waals surface area contributed by atoms with Gasteiger partial charge in [0, 0.05) is 28.8 Å². The molecule has 2 aliphatic rings. The number of aryl methyl sites for hydroxylation is 1. The van der Waals surface area contributed by atoms with Gasteiger partial charge in [-0.2, -0.15) is 0 Å². The number of amides is 1. The summed E-state index contributed by atoms with van der Waals surface area (Å²) in [7, 11) is 1.68. The van der Waals surface area contributed by atoms with Crippen molar-refractivity contribution in [3.63, 3.8) is 0 Å². The summed E-state index contributed by atoms with van der Waals surface area (Å²) in [6.07, 6.45) is 6.77. The van der Waals surface area contributed by atoms with E-state index >= 15 is 0 Å². The lowest BCUT2D eigenvalue weighted by Crippen LogP contribution is -2.48. The van der Waals surface area contributed by atoms with Crippen molar-refractivity contribution in [1.82, 2.24) is 9.47 Å². The molecule has 0 radical (unpaired) electrons. The standard InChI is InChI=1S/C30H35N3O2S/c1-20-10-8-9-13-27(20)33-29(34)28(36-30(33)31-24-11-6-5-7-12-24)19-23-18-21(2)32(22(23)3)25-14-16-26(35-4)17-15-25/h5-7,11-12,14-20,27,30-31H,8-10,13H2,1-4H3/b28-19-/t20-,27-,30?/m1/s1. The van der Waals surface area contributed by atoms with Gasteiger partial charge in [-0.05, 0) is 86.7 Å². The second kappa shape index (κ2) is 10.5. The molecule has 5 nitrogen and oxygen atoms in total. The Hall–Kier alpha value is -3.12. The van der Waals surface area contributed by atoms with Gasteiger partial charge in [0.05, 0.1) is 12.0 Å². The Morgan fingerprint density at radius 3 is 2.44 bits per heavy atom. The number of carbonyl (C=O) groups is 1. The van der Waals surface area contributed by atoms with Gasteiger partial charge in [-0.15, -0.1) is 0 Å². The number of nitrogens with one attached hydrogen (secondary N) is 1. The molecular formula is C30H35N3O2S. The Morgan fingerprint density at radius 2 is 1.75 bits per heavy atom. The molecule has 2 fully saturated rings. The fraction of sp³-hybridized carbons (Fsp3) is 0.367. The van der Waals surface area contributed by atoms with Gasteiger partial charge in [0.1, 0.15) is 5.75 Å². The van der Waals surface area contributed by atoms with Gasteiger partial charge in [-0.25, -0.2) is 0 Å². The molecule has 1 aliphatic heterocycles. The Labute approximate surface area is 218 Å². The number of ether oxygens (including phenoxy) is 1. The molecule has 1 N–H and O–H groups in total. The summed E-state index contributed by atoms with van der Waals surface area (Å²) in [6, 6.07) is 20.7. The third-order valence-electron chi connectivity index (χ3n) is 7.51. The SMILES string of the molecule is COc1ccc(-n2c(C)cc(/C=C3\SC(Nc4ccccc4)N([C@@H]4CCCC[C@H]4C)C3=O)c2C)cc1. The van der Waals surface area contributed by atoms with Crippen LogP contribution >= 0.6 is 11.8 Å². The van der Waals surface area contributed by atoms with Crippen molar-refractivity contribution in [1.29, 1.82) is 0 Å². The average Bonchev–Trinajstić information content (AvgIpc) is 3.34. The normalized spacial score (nSPS) is 23.3. The van der Waals surface area contributed by atoms with Crippen LogP contribution in [0.3, 0.4) is 0 Å². The van der Waals surface area contributed by atoms with Crippen LogP contribution in [0.5, 0.6) is 5.75 Å². The van der Waals surface area contributed by atoms with E-state index in [9.17, 15) is 4.79 Å². The zero-order valence-corrected chi connectivity index (χ0v) is 22.3. The summed E-state index contributed by atoms with van der Waals surface area (Å²) in [5, 5.41) is 3.63. The summed E-state index contributed by atoms with van der Waals surface area (Å²) in [4.78, 5) is 16.8. The first kappa shape index (κ1) is 24.6. The molecule has 3 atom stereocenters. The first-order chi connectivity index (χ1) is 17.5. The van der Waals surface area contributed by atoms with Gasteiger partial charge in [0.25, 0.3) is 5.91 Å². The molecule has 2 aromatic carbocycles. The van der Waals surface area contributed by atoms with Crippen LogP contribution in [0.15, 0.2) is 65.6 Å². The number of aromatic nitrogens is 1. The second-order valence-corrected chi connectivity index (χ2v) is 11.0. The summed E-state index contributed by atoms with van der Waals surface area (Å²) < 4.78 is 7.55. The van der Waals surface area contributed by atoms with Crippen molar-refractivity contribution < 1.29 is 9.53 Å². The Kier molecular flexibility index (Phi) is 7.15. The topological polar surface area (TPSA) is 46.5 Å². The smallest absolute Gasteiger partial charge is 0.262 e. The van der Waals surface area contributed by atoms with Crippen molar-refractivity contribution in [3.8, 4) is 11.4 Å². The fourth-order valence-electron chi connectivity index (χ4n) is 5.57. The number of hydrogen-bond donors (Lipinski definition) is 1. The molecule has 188 valence electrons. The van der Waals surface area contributed by atoms with Crippen molar-refractivity contribution in [3.05, 3.63) is 82.5 Å². The minimum atomic E-state index is -0.109. The Morgan fingerprint density at radius 1 is 1.03 bits per heavy atom. The zero-order valence-electron chi connectivity index (χ0n) is 21.5. The van der Waals surface area contributed by atoms with Crippen LogP contribution in [0.2, 0.25) is 0 Å². The molecule has 0 bridgehead atoms. The zero-order chi connectivity index (χ0) is 25.2. The van der Waals surface area contributed by atoms with Crippen molar-refractivity contribution in [2.45, 2.75) is 58.0 Å². The number of para-hydroxylation sites is 1. The van der Waals surface area contributed by atoms with E-state index in [4.69, 9.17) is 4.74 Å². The third kappa shape index (κ3) is 4.79. The molecule has 1 saturated carbocycles. The molecule has 1 saturated heterocycles. The minimum absolute atomic E-state index is 0.109. The van der Waals surface area contributed by atoms with Crippen LogP contribution in [0, 0.1) is 19.8 Å². The maximum Gasteiger partial charge on any atom is 0.262 e. The minimum Gasteiger partial charge on any atom is -0.497 e. The number of benzene rings is 2. The van der Waals surface area contributed by atoms with E-state index in [1.165, 1.54) is 19.3 Å². The Bertz CT molecular complexity index is 1250. The van der Waals surface area contributed by atoms with E-state index in [2.05, 4.69) is 72.0 Å². The summed E-state index contributed by atoms with van der Waals surface area (Å²) in [5.41, 5.74) is 5.35. The molecule has 2 heterocycles. The van der Waals surface area contributed by atoms with E-state index in [0.717, 1.165) is 45.4 Å². The van der Waals surface area contributed by atoms with Gasteiger partial charge in [-0.1, -0.05) is 49.7 Å². The van der Waals surface area contributed by atoms with E-state index in [-0.39, 0.29) is 17.4 Å². The molecule has 1 aromatic heterocycles. The monoisotopic (exact) mass is 501 g/mol. The molecular weight excluding hydrogens is 466 g/mol. The summed E-state index contributed by atoms with van der Waals surface area (Å²) in [6.45, 7) is 6.53. The number of carbonyl (C=O) groups excluding carboxylic acids is 1. The highest BCUT2D eigenvalue weighted by atomic mass is 32.2. The number of nitrogens with zero attached hydrogens (tertiary/aromatic N) is 2. The number of rotatable bonds is 6. The van der Waals surface area contributed by atoms with Gasteiger partial charge in [0.15, 0.2) is 5.50 Å². The van der Waals surface area contributed by atoms with Crippen molar-refractivity contribution >= 4 is 29.4 Å². The highest BCUT2D eigenvalue weighted by Gasteiger charge is 2.43. The lowest BCUT2D eigenvalue weighted by molar-refractivity contribution is -0.129. The molecule has 6 heteroatoms. The van der Waals surface area contributed by atoms with E-state index < -0.39 is 0 Å². The maximum atomic E-state index is 13.9. The highest BCUT2D eigenvalue weighted by Crippen LogP contribution is 2.42. The van der Waals surface area contributed by atoms with E-state index in [1.54, 1.807) is 18.9 Å². The van der Waals surface area contributed by atoms with Gasteiger partial charge in [-0.3, -0.25) is 4.79 Å². The molecule has 3 aromatic rings. The van der Waals surface area contributed by atoms with Gasteiger partial charge in [0.2, 0.25) is 0 Å². The van der Waals surface area contributed by atoms with Crippen LogP contribution in [-0.4, -0.2) is 34.0 Å². The lowest BCUT2D eigenvalue weighted by Gasteiger charge is -2.39. The Balaban J connectivity index is 1.48. The van der Waals surface area contributed by atoms with E-state index in [1.807, 2.05) is 30.3 Å². The summed E-state index contributed by atoms with van der Waals surface area (Å²) >= 11 is 1.64. The lowest BCUT2D eigenvalue weighted by atomic mass is 9.85. The predicted molar refractivity (Wildman–Crippen MR) is 149 cm³/mol. The maximum absolute atomic E-state index is 13.9. The first-order valence-electron chi connectivity index (χ1n) is 12.8. The van der Waals surface area contributed by atoms with Gasteiger partial charge >= 0.3 is 0 Å². The quantitative estimate of drug-likeness (QED) is 0.370. The van der Waals surface area contributed by atoms with Crippen LogP contribution in [-0.2, 0) is 4.79 Å². The van der Waals surface area contributed by atoms with Crippen LogP contribution in [0.25, 0.3) is 11.8 Å². The van der Waals surface area contributed by atoms with Crippen LogP contribution in [0.1, 0.15) is 49.6 Å². The molecule has 5 rings (SSSR count). The predicted octanol–water partition coefficient (Wildman–Crippen LogP) is 6.99. The van der Waals surface area contributed by atoms with Crippen molar-refractivity contribution in [2.24, 2.45) is 5.92 Å². The van der Waals surface area contributed by atoms with Crippen LogP contribution in [0.4, 0.5) is 5.69 Å². The molecule has 1 amide bonds. The fourth-order valence-corrected chi connectivity index (χ4v) is 6.77. The van der Waals surface area contributed by atoms with E-state index in [0.29, 0.717) is 5.92 Å². The van der Waals surface area contributed by atoms with Crippen LogP contribution < -0.4 is 10.1 Å². The summed E-state index contributed by atoms with van der Waals surface area (Å²) in [5.74, 6) is 1.48. The first-order valence-corrected chi connectivity index (χ1v) is 13.7. The number of hydrogen-bond acceptors (Lipinski definition) is 4. The van der Waals surface area contributed by atoms with Gasteiger partial charge < -0.3 is 19.5 Å². The largest absolute Gasteiger partial charge is 0.497 e. The number of thioether (sulfide) groups is 1. The number of anilines is 1. The second-order valence-electron chi connectivity index (χ2n) is 9.89. The molecule has 36 heavy (non-hydrogen) atoms.